The lowest BCUT2D eigenvalue weighted by atomic mass is 10.1. The van der Waals surface area contributed by atoms with Crippen LogP contribution in [0, 0.1) is 0 Å². The fraction of sp³-hybridized carbons (Fsp3) is 0.167. The minimum absolute atomic E-state index is 0.0851. The van der Waals surface area contributed by atoms with Gasteiger partial charge in [0.15, 0.2) is 11.5 Å². The second kappa shape index (κ2) is 7.56. The van der Waals surface area contributed by atoms with Crippen LogP contribution >= 0.6 is 0 Å². The second-order valence-electron chi connectivity index (χ2n) is 5.63. The molecule has 0 saturated carbocycles. The van der Waals surface area contributed by atoms with Crippen molar-refractivity contribution in [2.75, 3.05) is 12.1 Å². The molecule has 0 aromatic heterocycles. The van der Waals surface area contributed by atoms with E-state index in [1.54, 1.807) is 42.5 Å². The largest absolute Gasteiger partial charge is 0.454 e. The third kappa shape index (κ3) is 4.29. The summed E-state index contributed by atoms with van der Waals surface area (Å²) < 4.78 is 10.4. The maximum absolute atomic E-state index is 12.1. The van der Waals surface area contributed by atoms with E-state index in [4.69, 9.17) is 9.47 Å². The quantitative estimate of drug-likeness (QED) is 0.719. The van der Waals surface area contributed by atoms with Crippen LogP contribution in [0.2, 0.25) is 0 Å². The summed E-state index contributed by atoms with van der Waals surface area (Å²) >= 11 is 0. The van der Waals surface area contributed by atoms with Crippen molar-refractivity contribution in [3.05, 3.63) is 53.6 Å². The molecule has 0 unspecified atom stereocenters. The molecular formula is C18H17N3O5. The molecule has 1 heterocycles. The summed E-state index contributed by atoms with van der Waals surface area (Å²) in [5.74, 6) is 0.0716. The van der Waals surface area contributed by atoms with Gasteiger partial charge in [-0.1, -0.05) is 12.1 Å². The van der Waals surface area contributed by atoms with Gasteiger partial charge < -0.3 is 14.8 Å². The molecule has 1 aliphatic rings. The number of carbonyl (C=O) groups is 3. The fourth-order valence-electron chi connectivity index (χ4n) is 2.38. The third-order valence-corrected chi connectivity index (χ3v) is 3.59. The Morgan fingerprint density at radius 3 is 2.42 bits per heavy atom. The zero-order valence-corrected chi connectivity index (χ0v) is 14.0. The minimum Gasteiger partial charge on any atom is -0.454 e. The number of fused-ring (bicyclic) bond motifs is 1. The Balaban J connectivity index is 1.50. The average Bonchev–Trinajstić information content (AvgIpc) is 3.08. The topological polar surface area (TPSA) is 106 Å². The van der Waals surface area contributed by atoms with Gasteiger partial charge in [0.25, 0.3) is 5.91 Å². The molecule has 0 atom stereocenters. The normalized spacial score (nSPS) is 11.6. The summed E-state index contributed by atoms with van der Waals surface area (Å²) in [6.45, 7) is 1.54. The molecule has 26 heavy (non-hydrogen) atoms. The first kappa shape index (κ1) is 17.3. The molecule has 134 valence electrons. The highest BCUT2D eigenvalue weighted by Crippen LogP contribution is 2.32. The lowest BCUT2D eigenvalue weighted by Gasteiger charge is -2.08. The Morgan fingerprint density at radius 2 is 1.69 bits per heavy atom. The molecule has 0 aliphatic carbocycles. The molecule has 3 rings (SSSR count). The van der Waals surface area contributed by atoms with E-state index >= 15 is 0 Å². The maximum Gasteiger partial charge on any atom is 0.269 e. The van der Waals surface area contributed by atoms with E-state index in [0.717, 1.165) is 5.56 Å². The number of anilines is 1. The van der Waals surface area contributed by atoms with Gasteiger partial charge in [0.2, 0.25) is 18.6 Å². The van der Waals surface area contributed by atoms with Crippen LogP contribution in [0.3, 0.4) is 0 Å². The molecule has 0 bridgehead atoms. The van der Waals surface area contributed by atoms with Crippen molar-refractivity contribution in [3.8, 4) is 11.5 Å². The summed E-state index contributed by atoms with van der Waals surface area (Å²) in [5.41, 5.74) is 6.46. The monoisotopic (exact) mass is 355 g/mol. The average molecular weight is 355 g/mol. The lowest BCUT2D eigenvalue weighted by Crippen LogP contribution is -2.42. The molecular weight excluding hydrogens is 338 g/mol. The van der Waals surface area contributed by atoms with Gasteiger partial charge in [0, 0.05) is 18.2 Å². The molecule has 1 aliphatic heterocycles. The number of hydrazine groups is 1. The lowest BCUT2D eigenvalue weighted by molar-refractivity contribution is -0.121. The molecule has 8 heteroatoms. The van der Waals surface area contributed by atoms with E-state index in [1.165, 1.54) is 6.92 Å². The molecule has 3 N–H and O–H groups in total. The predicted molar refractivity (Wildman–Crippen MR) is 92.6 cm³/mol. The van der Waals surface area contributed by atoms with E-state index in [1.807, 2.05) is 0 Å². The Hall–Kier alpha value is -3.55. The molecule has 8 nitrogen and oxygen atoms in total. The standard InChI is InChI=1S/C18H17N3O5/c1-11(22)19-14-5-2-12(3-6-14)8-17(23)20-21-18(24)13-4-7-15-16(9-13)26-10-25-15/h2-7,9H,8,10H2,1H3,(H,19,22)(H,20,23)(H,21,24). The van der Waals surface area contributed by atoms with Crippen LogP contribution in [-0.4, -0.2) is 24.5 Å². The van der Waals surface area contributed by atoms with Crippen molar-refractivity contribution in [3.63, 3.8) is 0 Å². The van der Waals surface area contributed by atoms with Crippen LogP contribution in [0.1, 0.15) is 22.8 Å². The Morgan fingerprint density at radius 1 is 0.962 bits per heavy atom. The first-order chi connectivity index (χ1) is 12.5. The van der Waals surface area contributed by atoms with Crippen molar-refractivity contribution < 1.29 is 23.9 Å². The van der Waals surface area contributed by atoms with Crippen LogP contribution in [0.5, 0.6) is 11.5 Å². The number of carbonyl (C=O) groups excluding carboxylic acids is 3. The molecule has 0 fully saturated rings. The number of nitrogens with one attached hydrogen (secondary N) is 3. The van der Waals surface area contributed by atoms with Crippen molar-refractivity contribution in [1.29, 1.82) is 0 Å². The molecule has 2 aromatic rings. The Bertz CT molecular complexity index is 848. The Labute approximate surface area is 149 Å². The van der Waals surface area contributed by atoms with Crippen molar-refractivity contribution >= 4 is 23.4 Å². The number of hydrogen-bond donors (Lipinski definition) is 3. The Kier molecular flexibility index (Phi) is 5.02. The smallest absolute Gasteiger partial charge is 0.269 e. The van der Waals surface area contributed by atoms with Gasteiger partial charge in [-0.3, -0.25) is 25.2 Å². The summed E-state index contributed by atoms with van der Waals surface area (Å²) in [6.07, 6.45) is 0.0851. The summed E-state index contributed by atoms with van der Waals surface area (Å²) in [6, 6.07) is 11.6. The highest BCUT2D eigenvalue weighted by molar-refractivity contribution is 5.96. The zero-order valence-electron chi connectivity index (χ0n) is 14.0. The number of hydrogen-bond acceptors (Lipinski definition) is 5. The second-order valence-corrected chi connectivity index (χ2v) is 5.63. The molecule has 0 radical (unpaired) electrons. The number of rotatable bonds is 4. The number of amides is 3. The van der Waals surface area contributed by atoms with Crippen LogP contribution in [0.25, 0.3) is 0 Å². The van der Waals surface area contributed by atoms with E-state index in [-0.39, 0.29) is 25.0 Å². The van der Waals surface area contributed by atoms with Crippen LogP contribution in [0.4, 0.5) is 5.69 Å². The number of benzene rings is 2. The molecule has 0 saturated heterocycles. The SMILES string of the molecule is CC(=O)Nc1ccc(CC(=O)NNC(=O)c2ccc3c(c2)OCO3)cc1. The summed E-state index contributed by atoms with van der Waals surface area (Å²) in [4.78, 5) is 35.0. The highest BCUT2D eigenvalue weighted by atomic mass is 16.7. The first-order valence-electron chi connectivity index (χ1n) is 7.86. The van der Waals surface area contributed by atoms with Crippen LogP contribution in [0.15, 0.2) is 42.5 Å². The molecule has 2 aromatic carbocycles. The van der Waals surface area contributed by atoms with E-state index in [2.05, 4.69) is 16.2 Å². The van der Waals surface area contributed by atoms with Crippen molar-refractivity contribution in [1.82, 2.24) is 10.9 Å². The van der Waals surface area contributed by atoms with Gasteiger partial charge >= 0.3 is 0 Å². The van der Waals surface area contributed by atoms with E-state index < -0.39 is 5.91 Å². The summed E-state index contributed by atoms with van der Waals surface area (Å²) in [7, 11) is 0. The van der Waals surface area contributed by atoms with Gasteiger partial charge in [0.1, 0.15) is 0 Å². The highest BCUT2D eigenvalue weighted by Gasteiger charge is 2.16. The van der Waals surface area contributed by atoms with Crippen molar-refractivity contribution in [2.24, 2.45) is 0 Å². The van der Waals surface area contributed by atoms with Gasteiger partial charge in [-0.2, -0.15) is 0 Å². The van der Waals surface area contributed by atoms with Gasteiger partial charge in [-0.15, -0.1) is 0 Å². The first-order valence-corrected chi connectivity index (χ1v) is 7.86. The van der Waals surface area contributed by atoms with Gasteiger partial charge in [-0.25, -0.2) is 0 Å². The summed E-state index contributed by atoms with van der Waals surface area (Å²) in [5, 5.41) is 2.65. The minimum atomic E-state index is -0.461. The predicted octanol–water partition coefficient (Wildman–Crippen LogP) is 1.38. The van der Waals surface area contributed by atoms with Crippen LogP contribution < -0.4 is 25.6 Å². The maximum atomic E-state index is 12.1. The fourth-order valence-corrected chi connectivity index (χ4v) is 2.38. The molecule has 0 spiro atoms. The van der Waals surface area contributed by atoms with Crippen molar-refractivity contribution in [2.45, 2.75) is 13.3 Å². The van der Waals surface area contributed by atoms with E-state index in [0.29, 0.717) is 22.7 Å². The van der Waals surface area contributed by atoms with E-state index in [9.17, 15) is 14.4 Å². The molecule has 3 amide bonds. The third-order valence-electron chi connectivity index (χ3n) is 3.59. The zero-order chi connectivity index (χ0) is 18.5. The number of ether oxygens (including phenoxy) is 2. The van der Waals surface area contributed by atoms with Gasteiger partial charge in [-0.05, 0) is 35.9 Å². The van der Waals surface area contributed by atoms with Crippen LogP contribution in [-0.2, 0) is 16.0 Å². The van der Waals surface area contributed by atoms with Gasteiger partial charge in [0.05, 0.1) is 6.42 Å².